The zero-order valence-corrected chi connectivity index (χ0v) is 13.1. The zero-order chi connectivity index (χ0) is 16.4. The van der Waals surface area contributed by atoms with E-state index in [1.54, 1.807) is 18.2 Å². The van der Waals surface area contributed by atoms with Crippen molar-refractivity contribution in [1.29, 1.82) is 0 Å². The fourth-order valence-electron chi connectivity index (χ4n) is 3.34. The molecule has 0 aromatic heterocycles. The minimum atomic E-state index is -0.929. The van der Waals surface area contributed by atoms with E-state index in [-0.39, 0.29) is 5.56 Å². The first-order valence-electron chi connectivity index (χ1n) is 7.85. The summed E-state index contributed by atoms with van der Waals surface area (Å²) in [6.07, 6.45) is 8.47. The van der Waals surface area contributed by atoms with Gasteiger partial charge in [0.2, 0.25) is 0 Å². The lowest BCUT2D eigenvalue weighted by atomic mass is 9.72. The number of carboxylic acids is 1. The molecule has 0 fully saturated rings. The third-order valence-electron chi connectivity index (χ3n) is 4.79. The van der Waals surface area contributed by atoms with E-state index in [4.69, 9.17) is 0 Å². The monoisotopic (exact) mass is 308 g/mol. The standard InChI is InChI=1S/C20H20O3/c1-2-20(10-6-5-9-18(20)21)13-16-12-15(19(22)23)11-14-7-3-4-8-17(14)16/h3-12,18,21H,2,13H2,1H3,(H,22,23). The summed E-state index contributed by atoms with van der Waals surface area (Å²) >= 11 is 0. The van der Waals surface area contributed by atoms with Crippen molar-refractivity contribution in [3.05, 3.63) is 71.8 Å². The number of carbonyl (C=O) groups is 1. The Balaban J connectivity index is 2.13. The van der Waals surface area contributed by atoms with Gasteiger partial charge in [0.25, 0.3) is 0 Å². The number of hydrogen-bond donors (Lipinski definition) is 2. The summed E-state index contributed by atoms with van der Waals surface area (Å²) in [5.41, 5.74) is 0.852. The topological polar surface area (TPSA) is 57.5 Å². The Labute approximate surface area is 135 Å². The van der Waals surface area contributed by atoms with Gasteiger partial charge in [-0.05, 0) is 41.3 Å². The highest BCUT2D eigenvalue weighted by atomic mass is 16.4. The lowest BCUT2D eigenvalue weighted by Crippen LogP contribution is -2.35. The molecular formula is C20H20O3. The molecule has 0 heterocycles. The van der Waals surface area contributed by atoms with Crippen LogP contribution < -0.4 is 0 Å². The summed E-state index contributed by atoms with van der Waals surface area (Å²) in [6, 6.07) is 11.2. The van der Waals surface area contributed by atoms with Crippen LogP contribution in [0.1, 0.15) is 29.3 Å². The van der Waals surface area contributed by atoms with Crippen molar-refractivity contribution in [2.24, 2.45) is 5.41 Å². The molecule has 2 aromatic rings. The SMILES string of the molecule is CCC1(Cc2cc(C(=O)O)cc3ccccc23)C=CC=CC1O. The van der Waals surface area contributed by atoms with Gasteiger partial charge in [-0.1, -0.05) is 55.5 Å². The summed E-state index contributed by atoms with van der Waals surface area (Å²) in [5, 5.41) is 21.8. The Morgan fingerprint density at radius 2 is 2.00 bits per heavy atom. The largest absolute Gasteiger partial charge is 0.478 e. The molecule has 1 aliphatic carbocycles. The third-order valence-corrected chi connectivity index (χ3v) is 4.79. The molecule has 3 heteroatoms. The Morgan fingerprint density at radius 3 is 2.70 bits per heavy atom. The number of allylic oxidation sites excluding steroid dienone is 2. The van der Waals surface area contributed by atoms with Gasteiger partial charge in [-0.2, -0.15) is 0 Å². The van der Waals surface area contributed by atoms with Gasteiger partial charge >= 0.3 is 5.97 Å². The van der Waals surface area contributed by atoms with Crippen LogP contribution in [0, 0.1) is 5.41 Å². The normalized spacial score (nSPS) is 23.3. The number of fused-ring (bicyclic) bond motifs is 1. The average molecular weight is 308 g/mol. The maximum absolute atomic E-state index is 11.4. The van der Waals surface area contributed by atoms with E-state index in [0.29, 0.717) is 6.42 Å². The van der Waals surface area contributed by atoms with E-state index in [2.05, 4.69) is 6.92 Å². The van der Waals surface area contributed by atoms with E-state index >= 15 is 0 Å². The zero-order valence-electron chi connectivity index (χ0n) is 13.1. The van der Waals surface area contributed by atoms with Crippen LogP contribution in [0.15, 0.2) is 60.7 Å². The molecule has 3 nitrogen and oxygen atoms in total. The quantitative estimate of drug-likeness (QED) is 0.898. The average Bonchev–Trinajstić information content (AvgIpc) is 2.56. The van der Waals surface area contributed by atoms with Gasteiger partial charge in [0, 0.05) is 5.41 Å². The Kier molecular flexibility index (Phi) is 4.05. The first kappa shape index (κ1) is 15.5. The number of aliphatic hydroxyl groups excluding tert-OH is 1. The molecule has 3 rings (SSSR count). The van der Waals surface area contributed by atoms with Gasteiger partial charge in [0.05, 0.1) is 11.7 Å². The van der Waals surface area contributed by atoms with Crippen LogP contribution in [-0.4, -0.2) is 22.3 Å². The highest BCUT2D eigenvalue weighted by Crippen LogP contribution is 2.38. The predicted octanol–water partition coefficient (Wildman–Crippen LogP) is 3.96. The molecule has 1 aliphatic rings. The predicted molar refractivity (Wildman–Crippen MR) is 91.6 cm³/mol. The third kappa shape index (κ3) is 2.80. The van der Waals surface area contributed by atoms with E-state index in [1.165, 1.54) is 0 Å². The van der Waals surface area contributed by atoms with Crippen molar-refractivity contribution in [2.45, 2.75) is 25.9 Å². The highest BCUT2D eigenvalue weighted by Gasteiger charge is 2.34. The molecule has 2 atom stereocenters. The fourth-order valence-corrected chi connectivity index (χ4v) is 3.34. The second kappa shape index (κ2) is 6.01. The Bertz CT molecular complexity index is 804. The molecule has 0 radical (unpaired) electrons. The Morgan fingerprint density at radius 1 is 1.22 bits per heavy atom. The smallest absolute Gasteiger partial charge is 0.335 e. The molecule has 0 saturated heterocycles. The van der Waals surface area contributed by atoms with Crippen molar-refractivity contribution in [3.8, 4) is 0 Å². The van der Waals surface area contributed by atoms with Gasteiger partial charge in [-0.3, -0.25) is 0 Å². The molecule has 2 unspecified atom stereocenters. The van der Waals surface area contributed by atoms with E-state index < -0.39 is 17.5 Å². The molecule has 23 heavy (non-hydrogen) atoms. The van der Waals surface area contributed by atoms with Crippen molar-refractivity contribution >= 4 is 16.7 Å². The molecule has 0 aliphatic heterocycles. The van der Waals surface area contributed by atoms with Crippen LogP contribution in [0.3, 0.4) is 0 Å². The van der Waals surface area contributed by atoms with Gasteiger partial charge < -0.3 is 10.2 Å². The van der Waals surface area contributed by atoms with Crippen molar-refractivity contribution < 1.29 is 15.0 Å². The highest BCUT2D eigenvalue weighted by molar-refractivity contribution is 5.96. The summed E-state index contributed by atoms with van der Waals surface area (Å²) in [5.74, 6) is -0.929. The number of carboxylic acid groups (broad SMARTS) is 1. The van der Waals surface area contributed by atoms with Crippen LogP contribution in [0.25, 0.3) is 10.8 Å². The number of benzene rings is 2. The van der Waals surface area contributed by atoms with Gasteiger partial charge in [-0.15, -0.1) is 0 Å². The molecule has 0 spiro atoms. The summed E-state index contributed by atoms with van der Waals surface area (Å²) in [6.45, 7) is 2.05. The van der Waals surface area contributed by atoms with Crippen molar-refractivity contribution in [1.82, 2.24) is 0 Å². The van der Waals surface area contributed by atoms with Crippen LogP contribution in [0.4, 0.5) is 0 Å². The first-order chi connectivity index (χ1) is 11.1. The number of aliphatic hydroxyl groups is 1. The summed E-state index contributed by atoms with van der Waals surface area (Å²) < 4.78 is 0. The van der Waals surface area contributed by atoms with E-state index in [9.17, 15) is 15.0 Å². The minimum Gasteiger partial charge on any atom is -0.478 e. The molecule has 0 bridgehead atoms. The number of rotatable bonds is 4. The van der Waals surface area contributed by atoms with Gasteiger partial charge in [0.15, 0.2) is 0 Å². The van der Waals surface area contributed by atoms with Crippen LogP contribution in [0.2, 0.25) is 0 Å². The second-order valence-corrected chi connectivity index (χ2v) is 6.11. The van der Waals surface area contributed by atoms with Crippen LogP contribution in [-0.2, 0) is 6.42 Å². The molecule has 2 aromatic carbocycles. The van der Waals surface area contributed by atoms with Crippen LogP contribution >= 0.6 is 0 Å². The second-order valence-electron chi connectivity index (χ2n) is 6.11. The Hall–Kier alpha value is -2.39. The first-order valence-corrected chi connectivity index (χ1v) is 7.85. The van der Waals surface area contributed by atoms with Gasteiger partial charge in [-0.25, -0.2) is 4.79 Å². The summed E-state index contributed by atoms with van der Waals surface area (Å²) in [4.78, 5) is 11.4. The lowest BCUT2D eigenvalue weighted by molar-refractivity contribution is 0.0696. The van der Waals surface area contributed by atoms with E-state index in [1.807, 2.05) is 42.5 Å². The molecule has 118 valence electrons. The molecule has 2 N–H and O–H groups in total. The fraction of sp³-hybridized carbons (Fsp3) is 0.250. The molecular weight excluding hydrogens is 288 g/mol. The minimum absolute atomic E-state index is 0.287. The number of hydrogen-bond acceptors (Lipinski definition) is 2. The van der Waals surface area contributed by atoms with Crippen molar-refractivity contribution in [2.75, 3.05) is 0 Å². The lowest BCUT2D eigenvalue weighted by Gasteiger charge is -2.35. The molecule has 0 saturated carbocycles. The van der Waals surface area contributed by atoms with Crippen LogP contribution in [0.5, 0.6) is 0 Å². The molecule has 0 amide bonds. The van der Waals surface area contributed by atoms with Crippen molar-refractivity contribution in [3.63, 3.8) is 0 Å². The van der Waals surface area contributed by atoms with Gasteiger partial charge in [0.1, 0.15) is 0 Å². The maximum Gasteiger partial charge on any atom is 0.335 e. The maximum atomic E-state index is 11.4. The van der Waals surface area contributed by atoms with E-state index in [0.717, 1.165) is 22.8 Å². The number of aromatic carboxylic acids is 1. The summed E-state index contributed by atoms with van der Waals surface area (Å²) in [7, 11) is 0.